The molecule has 0 heterocycles. The number of nitrogens with one attached hydrogen (secondary N) is 1. The minimum absolute atomic E-state index is 0.0980. The van der Waals surface area contributed by atoms with Crippen LogP contribution in [-0.2, 0) is 4.79 Å². The lowest BCUT2D eigenvalue weighted by molar-refractivity contribution is -0.122. The fraction of sp³-hybridized carbons (Fsp3) is 0.167. The topological polar surface area (TPSA) is 47.6 Å². The van der Waals surface area contributed by atoms with Gasteiger partial charge in [0, 0.05) is 10.6 Å². The van der Waals surface area contributed by atoms with Crippen LogP contribution in [0.3, 0.4) is 0 Å². The molecule has 0 saturated carbocycles. The van der Waals surface area contributed by atoms with Crippen molar-refractivity contribution in [3.05, 3.63) is 59.1 Å². The zero-order valence-corrected chi connectivity index (χ0v) is 13.4. The van der Waals surface area contributed by atoms with Crippen molar-refractivity contribution in [3.8, 4) is 23.3 Å². The quantitative estimate of drug-likeness (QED) is 0.858. The van der Waals surface area contributed by atoms with Crippen LogP contribution in [0.1, 0.15) is 5.56 Å². The van der Waals surface area contributed by atoms with Crippen LogP contribution in [0.2, 0.25) is 5.02 Å². The molecular weight excluding hydrogens is 314 g/mol. The van der Waals surface area contributed by atoms with Crippen LogP contribution >= 0.6 is 11.6 Å². The van der Waals surface area contributed by atoms with Gasteiger partial charge in [-0.3, -0.25) is 4.79 Å². The average molecular weight is 330 g/mol. The number of rotatable bonds is 5. The largest absolute Gasteiger partial charge is 0.493 e. The number of benzene rings is 2. The highest BCUT2D eigenvalue weighted by Crippen LogP contribution is 2.25. The van der Waals surface area contributed by atoms with Crippen molar-refractivity contribution < 1.29 is 14.3 Å². The Kier molecular flexibility index (Phi) is 6.34. The number of hydrogen-bond acceptors (Lipinski definition) is 3. The maximum absolute atomic E-state index is 11.7. The summed E-state index contributed by atoms with van der Waals surface area (Å²) < 4.78 is 10.6. The smallest absolute Gasteiger partial charge is 0.258 e. The first-order chi connectivity index (χ1) is 11.2. The lowest BCUT2D eigenvalue weighted by Crippen LogP contribution is -2.29. The first-order valence-corrected chi connectivity index (χ1v) is 7.34. The second kappa shape index (κ2) is 8.72. The summed E-state index contributed by atoms with van der Waals surface area (Å²) in [6, 6.07) is 14.4. The third-order valence-electron chi connectivity index (χ3n) is 2.86. The SMILES string of the molecule is COc1ccccc1OCC(=O)NCC#Cc1cccc(Cl)c1. The van der Waals surface area contributed by atoms with Crippen LogP contribution in [0.15, 0.2) is 48.5 Å². The third kappa shape index (κ3) is 5.57. The molecule has 0 atom stereocenters. The molecule has 2 aromatic rings. The molecule has 5 heteroatoms. The molecule has 1 amide bonds. The predicted octanol–water partition coefficient (Wildman–Crippen LogP) is 2.90. The second-order valence-corrected chi connectivity index (χ2v) is 4.96. The van der Waals surface area contributed by atoms with Gasteiger partial charge in [0.15, 0.2) is 18.1 Å². The Morgan fingerprint density at radius 3 is 2.70 bits per heavy atom. The number of amides is 1. The van der Waals surface area contributed by atoms with Gasteiger partial charge in [0.1, 0.15) is 0 Å². The zero-order valence-electron chi connectivity index (χ0n) is 12.6. The fourth-order valence-corrected chi connectivity index (χ4v) is 1.98. The van der Waals surface area contributed by atoms with Crippen LogP contribution in [-0.4, -0.2) is 26.2 Å². The number of ether oxygens (including phenoxy) is 2. The molecule has 23 heavy (non-hydrogen) atoms. The minimum Gasteiger partial charge on any atom is -0.493 e. The summed E-state index contributed by atoms with van der Waals surface area (Å²) >= 11 is 5.87. The van der Waals surface area contributed by atoms with Crippen molar-refractivity contribution in [2.24, 2.45) is 0 Å². The van der Waals surface area contributed by atoms with Crippen molar-refractivity contribution in [1.82, 2.24) is 5.32 Å². The Bertz CT molecular complexity index is 734. The number of hydrogen-bond donors (Lipinski definition) is 1. The van der Waals surface area contributed by atoms with Crippen molar-refractivity contribution in [2.75, 3.05) is 20.3 Å². The Hall–Kier alpha value is -2.64. The van der Waals surface area contributed by atoms with E-state index in [1.807, 2.05) is 24.3 Å². The van der Waals surface area contributed by atoms with Gasteiger partial charge in [0.05, 0.1) is 13.7 Å². The molecule has 2 aromatic carbocycles. The maximum Gasteiger partial charge on any atom is 0.258 e. The van der Waals surface area contributed by atoms with Crippen molar-refractivity contribution in [2.45, 2.75) is 0 Å². The third-order valence-corrected chi connectivity index (χ3v) is 3.09. The van der Waals surface area contributed by atoms with Gasteiger partial charge in [-0.1, -0.05) is 41.6 Å². The van der Waals surface area contributed by atoms with Gasteiger partial charge in [-0.15, -0.1) is 0 Å². The van der Waals surface area contributed by atoms with E-state index in [9.17, 15) is 4.79 Å². The molecule has 0 fully saturated rings. The van der Waals surface area contributed by atoms with Gasteiger partial charge >= 0.3 is 0 Å². The van der Waals surface area contributed by atoms with Gasteiger partial charge in [0.25, 0.3) is 5.91 Å². The second-order valence-electron chi connectivity index (χ2n) is 4.53. The first kappa shape index (κ1) is 16.7. The Labute approximate surface area is 140 Å². The Morgan fingerprint density at radius 2 is 1.96 bits per heavy atom. The Balaban J connectivity index is 1.78. The van der Waals surface area contributed by atoms with Gasteiger partial charge in [-0.2, -0.15) is 0 Å². The molecule has 0 saturated heterocycles. The minimum atomic E-state index is -0.253. The highest BCUT2D eigenvalue weighted by molar-refractivity contribution is 6.30. The summed E-state index contributed by atoms with van der Waals surface area (Å²) in [6.45, 7) is 0.139. The van der Waals surface area contributed by atoms with Crippen molar-refractivity contribution in [3.63, 3.8) is 0 Å². The molecule has 0 aliphatic heterocycles. The van der Waals surface area contributed by atoms with Gasteiger partial charge < -0.3 is 14.8 Å². The summed E-state index contributed by atoms with van der Waals surface area (Å²) in [6.07, 6.45) is 0. The zero-order chi connectivity index (χ0) is 16.5. The molecule has 0 unspecified atom stereocenters. The van der Waals surface area contributed by atoms with Crippen LogP contribution in [0.25, 0.3) is 0 Å². The van der Waals surface area contributed by atoms with E-state index in [1.165, 1.54) is 0 Å². The van der Waals surface area contributed by atoms with Crippen LogP contribution in [0.5, 0.6) is 11.5 Å². The fourth-order valence-electron chi connectivity index (χ4n) is 1.79. The van der Waals surface area contributed by atoms with Crippen LogP contribution in [0, 0.1) is 11.8 Å². The molecule has 4 nitrogen and oxygen atoms in total. The van der Waals surface area contributed by atoms with Crippen LogP contribution in [0.4, 0.5) is 0 Å². The van der Waals surface area contributed by atoms with E-state index in [0.29, 0.717) is 16.5 Å². The van der Waals surface area contributed by atoms with Gasteiger partial charge in [0.2, 0.25) is 0 Å². The molecule has 2 rings (SSSR count). The molecule has 1 N–H and O–H groups in total. The number of methoxy groups -OCH3 is 1. The summed E-state index contributed by atoms with van der Waals surface area (Å²) in [5.41, 5.74) is 0.803. The summed E-state index contributed by atoms with van der Waals surface area (Å²) in [5.74, 6) is 6.64. The molecule has 0 bridgehead atoms. The number of halogens is 1. The van der Waals surface area contributed by atoms with E-state index >= 15 is 0 Å². The van der Waals surface area contributed by atoms with Gasteiger partial charge in [-0.05, 0) is 30.3 Å². The summed E-state index contributed by atoms with van der Waals surface area (Å²) in [4.78, 5) is 11.7. The predicted molar refractivity (Wildman–Crippen MR) is 89.8 cm³/mol. The van der Waals surface area contributed by atoms with Crippen LogP contribution < -0.4 is 14.8 Å². The van der Waals surface area contributed by atoms with Crippen molar-refractivity contribution in [1.29, 1.82) is 0 Å². The average Bonchev–Trinajstić information content (AvgIpc) is 2.57. The molecule has 0 spiro atoms. The van der Waals surface area contributed by atoms with Gasteiger partial charge in [-0.25, -0.2) is 0 Å². The van der Waals surface area contributed by atoms with E-state index < -0.39 is 0 Å². The lowest BCUT2D eigenvalue weighted by Gasteiger charge is -2.09. The van der Waals surface area contributed by atoms with E-state index in [-0.39, 0.29) is 19.1 Å². The molecule has 118 valence electrons. The normalized spacial score (nSPS) is 9.48. The standard InChI is InChI=1S/C18H16ClNO3/c1-22-16-9-2-3-10-17(16)23-13-18(21)20-11-5-7-14-6-4-8-15(19)12-14/h2-4,6,8-10,12H,11,13H2,1H3,(H,20,21). The number of carbonyl (C=O) groups excluding carboxylic acids is 1. The molecule has 0 aromatic heterocycles. The van der Waals surface area contributed by atoms with E-state index in [1.54, 1.807) is 31.4 Å². The lowest BCUT2D eigenvalue weighted by atomic mass is 10.2. The molecule has 0 aliphatic rings. The molecule has 0 radical (unpaired) electrons. The number of carbonyl (C=O) groups is 1. The highest BCUT2D eigenvalue weighted by Gasteiger charge is 2.05. The monoisotopic (exact) mass is 329 g/mol. The van der Waals surface area contributed by atoms with E-state index in [0.717, 1.165) is 5.56 Å². The molecule has 0 aliphatic carbocycles. The number of para-hydroxylation sites is 2. The Morgan fingerprint density at radius 1 is 1.17 bits per heavy atom. The van der Waals surface area contributed by atoms with E-state index in [2.05, 4.69) is 17.2 Å². The summed E-state index contributed by atoms with van der Waals surface area (Å²) in [7, 11) is 1.55. The summed E-state index contributed by atoms with van der Waals surface area (Å²) in [5, 5.41) is 3.29. The maximum atomic E-state index is 11.7. The molecular formula is C18H16ClNO3. The first-order valence-electron chi connectivity index (χ1n) is 6.96. The highest BCUT2D eigenvalue weighted by atomic mass is 35.5. The van der Waals surface area contributed by atoms with Crippen molar-refractivity contribution >= 4 is 17.5 Å². The van der Waals surface area contributed by atoms with E-state index in [4.69, 9.17) is 21.1 Å².